The van der Waals surface area contributed by atoms with Crippen LogP contribution in [0.5, 0.6) is 0 Å². The van der Waals surface area contributed by atoms with E-state index in [-0.39, 0.29) is 0 Å². The molecule has 0 saturated heterocycles. The van der Waals surface area contributed by atoms with Crippen molar-refractivity contribution in [1.82, 2.24) is 0 Å². The van der Waals surface area contributed by atoms with Gasteiger partial charge in [-0.1, -0.05) is 44.1 Å². The summed E-state index contributed by atoms with van der Waals surface area (Å²) in [5.41, 5.74) is 4.82. The first-order valence-electron chi connectivity index (χ1n) is 9.23. The molecule has 1 aromatic heterocycles. The minimum atomic E-state index is 0.338. The van der Waals surface area contributed by atoms with Crippen LogP contribution < -0.4 is 4.57 Å². The molecule has 0 aliphatic rings. The third-order valence-corrected chi connectivity index (χ3v) is 4.38. The fraction of sp³-hybridized carbons (Fsp3) is 0.286. The van der Waals surface area contributed by atoms with Crippen LogP contribution in [0.1, 0.15) is 40.7 Å². The second kappa shape index (κ2) is 5.57. The van der Waals surface area contributed by atoms with E-state index in [9.17, 15) is 0 Å². The molecular formula is C21H24N+. The zero-order valence-corrected chi connectivity index (χ0v) is 13.9. The summed E-state index contributed by atoms with van der Waals surface area (Å²) >= 11 is 0. The first-order valence-corrected chi connectivity index (χ1v) is 7.73. The Morgan fingerprint density at radius 1 is 1.14 bits per heavy atom. The molecule has 112 valence electrons. The monoisotopic (exact) mass is 293 g/mol. The Kier molecular flexibility index (Phi) is 2.89. The van der Waals surface area contributed by atoms with Crippen LogP contribution in [-0.4, -0.2) is 0 Å². The fourth-order valence-corrected chi connectivity index (χ4v) is 2.89. The molecule has 2 aromatic carbocycles. The maximum atomic E-state index is 8.57. The molecule has 0 fully saturated rings. The van der Waals surface area contributed by atoms with Gasteiger partial charge in [0.25, 0.3) is 0 Å². The number of hydrogen-bond donors (Lipinski definition) is 0. The highest BCUT2D eigenvalue weighted by molar-refractivity contribution is 5.94. The van der Waals surface area contributed by atoms with E-state index in [1.54, 1.807) is 6.07 Å². The molecule has 1 nitrogen and oxygen atoms in total. The Hall–Kier alpha value is -2.15. The molecule has 0 amide bonds. The lowest BCUT2D eigenvalue weighted by atomic mass is 9.95. The lowest BCUT2D eigenvalue weighted by Crippen LogP contribution is -2.35. The second-order valence-corrected chi connectivity index (χ2v) is 6.22. The molecule has 22 heavy (non-hydrogen) atoms. The van der Waals surface area contributed by atoms with Crippen molar-refractivity contribution in [2.45, 2.75) is 33.6 Å². The topological polar surface area (TPSA) is 3.88 Å². The molecule has 0 saturated carbocycles. The van der Waals surface area contributed by atoms with E-state index in [0.29, 0.717) is 24.0 Å². The zero-order valence-electron chi connectivity index (χ0n) is 16.9. The molecule has 0 aliphatic heterocycles. The summed E-state index contributed by atoms with van der Waals surface area (Å²) in [5, 5.41) is 1.92. The van der Waals surface area contributed by atoms with Crippen LogP contribution in [0.4, 0.5) is 0 Å². The van der Waals surface area contributed by atoms with Gasteiger partial charge in [0.1, 0.15) is 7.05 Å². The van der Waals surface area contributed by atoms with Gasteiger partial charge >= 0.3 is 0 Å². The molecule has 0 spiro atoms. The molecule has 1 heteroatoms. The van der Waals surface area contributed by atoms with E-state index in [0.717, 1.165) is 33.3 Å². The SMILES string of the molecule is [2H]c1cc([2H])c(C)c(-c2c3ccc(C(C)C)cc3c([2H])c(C)[n+]2C)c1. The molecular weight excluding hydrogens is 266 g/mol. The normalized spacial score (nSPS) is 13.3. The Balaban J connectivity index is 2.47. The number of benzene rings is 2. The summed E-state index contributed by atoms with van der Waals surface area (Å²) < 4.78 is 26.8. The van der Waals surface area contributed by atoms with Crippen molar-refractivity contribution in [2.75, 3.05) is 0 Å². The number of pyridine rings is 1. The fourth-order valence-electron chi connectivity index (χ4n) is 2.89. The predicted octanol–water partition coefficient (Wildman–Crippen LogP) is 5.07. The predicted molar refractivity (Wildman–Crippen MR) is 94.1 cm³/mol. The number of aromatic nitrogens is 1. The molecule has 0 bridgehead atoms. The van der Waals surface area contributed by atoms with Crippen LogP contribution in [0.15, 0.2) is 48.5 Å². The standard InChI is InChI=1S/C21H24N/c1-14(2)17-10-11-20-18(13-17)12-16(4)22(5)21(20)19-9-7-6-8-15(19)3/h6-14H,1-5H3/q+1/i7D,8D,12D. The third kappa shape index (κ3) is 2.41. The van der Waals surface area contributed by atoms with Gasteiger partial charge in [-0.3, -0.25) is 0 Å². The van der Waals surface area contributed by atoms with Gasteiger partial charge in [0.05, 0.1) is 9.50 Å². The second-order valence-electron chi connectivity index (χ2n) is 6.22. The van der Waals surface area contributed by atoms with Crippen molar-refractivity contribution < 1.29 is 8.68 Å². The van der Waals surface area contributed by atoms with Crippen LogP contribution in [0.3, 0.4) is 0 Å². The van der Waals surface area contributed by atoms with Gasteiger partial charge in [-0.25, -0.2) is 0 Å². The Morgan fingerprint density at radius 2 is 1.91 bits per heavy atom. The van der Waals surface area contributed by atoms with Gasteiger partial charge in [0.15, 0.2) is 5.69 Å². The summed E-state index contributed by atoms with van der Waals surface area (Å²) in [6.45, 7) is 8.19. The van der Waals surface area contributed by atoms with E-state index in [2.05, 4.69) is 32.0 Å². The number of hydrogen-bond acceptors (Lipinski definition) is 0. The summed E-state index contributed by atoms with van der Waals surface area (Å²) in [4.78, 5) is 0. The zero-order chi connectivity index (χ0) is 18.5. The molecule has 0 aliphatic carbocycles. The van der Waals surface area contributed by atoms with Crippen LogP contribution in [0, 0.1) is 13.8 Å². The maximum absolute atomic E-state index is 8.57. The third-order valence-electron chi connectivity index (χ3n) is 4.38. The highest BCUT2D eigenvalue weighted by Crippen LogP contribution is 2.30. The van der Waals surface area contributed by atoms with Crippen LogP contribution in [0.2, 0.25) is 0 Å². The van der Waals surface area contributed by atoms with Gasteiger partial charge in [0, 0.05) is 18.5 Å². The summed E-state index contributed by atoms with van der Waals surface area (Å²) in [7, 11) is 1.96. The molecule has 1 heterocycles. The minimum absolute atomic E-state index is 0.338. The van der Waals surface area contributed by atoms with Crippen LogP contribution in [0.25, 0.3) is 22.0 Å². The summed E-state index contributed by atoms with van der Waals surface area (Å²) in [6.07, 6.45) is 0. The summed E-state index contributed by atoms with van der Waals surface area (Å²) in [6, 6.07) is 11.0. The van der Waals surface area contributed by atoms with E-state index < -0.39 is 0 Å². The van der Waals surface area contributed by atoms with E-state index >= 15 is 0 Å². The van der Waals surface area contributed by atoms with Gasteiger partial charge < -0.3 is 0 Å². The molecule has 0 radical (unpaired) electrons. The Bertz CT molecular complexity index is 991. The highest BCUT2D eigenvalue weighted by Gasteiger charge is 2.19. The van der Waals surface area contributed by atoms with E-state index in [1.807, 2.05) is 31.5 Å². The first kappa shape index (κ1) is 11.4. The molecule has 3 aromatic rings. The molecule has 3 rings (SSSR count). The minimum Gasteiger partial charge on any atom is -0.198 e. The lowest BCUT2D eigenvalue weighted by Gasteiger charge is -2.12. The Labute approximate surface area is 137 Å². The van der Waals surface area contributed by atoms with E-state index in [4.69, 9.17) is 4.11 Å². The molecule has 0 unspecified atom stereocenters. The van der Waals surface area contributed by atoms with Crippen LogP contribution >= 0.6 is 0 Å². The van der Waals surface area contributed by atoms with Crippen molar-refractivity contribution in [2.24, 2.45) is 7.05 Å². The Morgan fingerprint density at radius 3 is 2.64 bits per heavy atom. The largest absolute Gasteiger partial charge is 0.220 e. The lowest BCUT2D eigenvalue weighted by molar-refractivity contribution is -0.665. The van der Waals surface area contributed by atoms with Gasteiger partial charge in [-0.15, -0.1) is 0 Å². The van der Waals surface area contributed by atoms with Crippen molar-refractivity contribution in [3.05, 3.63) is 65.3 Å². The number of fused-ring (bicyclic) bond motifs is 1. The van der Waals surface area contributed by atoms with Crippen molar-refractivity contribution in [1.29, 1.82) is 0 Å². The average Bonchev–Trinajstić information content (AvgIpc) is 2.56. The van der Waals surface area contributed by atoms with Gasteiger partial charge in [0.2, 0.25) is 5.69 Å². The van der Waals surface area contributed by atoms with Crippen molar-refractivity contribution in [3.63, 3.8) is 0 Å². The van der Waals surface area contributed by atoms with Gasteiger partial charge in [-0.05, 0) is 41.5 Å². The number of nitrogens with zero attached hydrogens (tertiary/aromatic N) is 1. The molecule has 0 atom stereocenters. The molecule has 0 N–H and O–H groups in total. The van der Waals surface area contributed by atoms with Gasteiger partial charge in [-0.2, -0.15) is 4.57 Å². The van der Waals surface area contributed by atoms with Crippen molar-refractivity contribution >= 4 is 10.8 Å². The number of rotatable bonds is 2. The van der Waals surface area contributed by atoms with Crippen LogP contribution in [-0.2, 0) is 7.05 Å². The maximum Gasteiger partial charge on any atom is 0.220 e. The highest BCUT2D eigenvalue weighted by atomic mass is 14.9. The summed E-state index contributed by atoms with van der Waals surface area (Å²) in [5.74, 6) is 0.402. The van der Waals surface area contributed by atoms with E-state index in [1.165, 1.54) is 5.56 Å². The first-order chi connectivity index (χ1) is 11.7. The smallest absolute Gasteiger partial charge is 0.198 e. The average molecular weight is 293 g/mol. The quantitative estimate of drug-likeness (QED) is 0.581. The van der Waals surface area contributed by atoms with Crippen molar-refractivity contribution in [3.8, 4) is 11.3 Å².